The normalized spacial score (nSPS) is 11.3. The molecule has 0 aliphatic heterocycles. The lowest BCUT2D eigenvalue weighted by Crippen LogP contribution is -2.10. The molecule has 2 aromatic rings. The Hall–Kier alpha value is -1.48. The van der Waals surface area contributed by atoms with Crippen molar-refractivity contribution in [3.63, 3.8) is 0 Å². The molecule has 2 rings (SSSR count). The predicted octanol–water partition coefficient (Wildman–Crippen LogP) is 2.55. The second-order valence-corrected chi connectivity index (χ2v) is 4.37. The number of hydrogen-bond acceptors (Lipinski definition) is 2. The smallest absolute Gasteiger partial charge is 0.122 e. The predicted molar refractivity (Wildman–Crippen MR) is 67.0 cm³/mol. The zero-order valence-electron chi connectivity index (χ0n) is 10.3. The van der Waals surface area contributed by atoms with Gasteiger partial charge < -0.3 is 14.6 Å². The molecular weight excluding hydrogens is 200 g/mol. The Kier molecular flexibility index (Phi) is 2.88. The number of fused-ring (bicyclic) bond motifs is 1. The number of hydrogen-bond donors (Lipinski definition) is 1. The van der Waals surface area contributed by atoms with E-state index in [-0.39, 0.29) is 0 Å². The number of ether oxygens (including phenoxy) is 1. The van der Waals surface area contributed by atoms with Crippen LogP contribution in [-0.4, -0.2) is 31.1 Å². The third-order valence-electron chi connectivity index (χ3n) is 2.84. The summed E-state index contributed by atoms with van der Waals surface area (Å²) in [4.78, 5) is 5.47. The molecule has 0 amide bonds. The Morgan fingerprint density at radius 1 is 1.31 bits per heavy atom. The first-order chi connectivity index (χ1) is 7.63. The summed E-state index contributed by atoms with van der Waals surface area (Å²) in [7, 11) is 5.87. The maximum atomic E-state index is 5.35. The number of aryl methyl sites for hydroxylation is 1. The molecule has 0 saturated heterocycles. The lowest BCUT2D eigenvalue weighted by Gasteiger charge is -2.11. The lowest BCUT2D eigenvalue weighted by molar-refractivity contribution is 0.403. The van der Waals surface area contributed by atoms with Gasteiger partial charge in [0.15, 0.2) is 0 Å². The molecule has 0 aliphatic rings. The largest absolute Gasteiger partial charge is 0.496 e. The summed E-state index contributed by atoms with van der Waals surface area (Å²) in [5, 5.41) is 1.29. The Bertz CT molecular complexity index is 500. The second-order valence-electron chi connectivity index (χ2n) is 4.37. The van der Waals surface area contributed by atoms with Crippen LogP contribution < -0.4 is 4.74 Å². The highest BCUT2D eigenvalue weighted by Crippen LogP contribution is 2.29. The van der Waals surface area contributed by atoms with Crippen LogP contribution in [0.3, 0.4) is 0 Å². The number of aromatic nitrogens is 1. The van der Waals surface area contributed by atoms with Crippen LogP contribution in [0.15, 0.2) is 18.3 Å². The van der Waals surface area contributed by atoms with Crippen molar-refractivity contribution in [2.45, 2.75) is 13.5 Å². The number of nitrogens with one attached hydrogen (secondary N) is 1. The van der Waals surface area contributed by atoms with E-state index in [9.17, 15) is 0 Å². The number of aromatic amines is 1. The van der Waals surface area contributed by atoms with Gasteiger partial charge in [-0.25, -0.2) is 0 Å². The summed E-state index contributed by atoms with van der Waals surface area (Å²) in [5.74, 6) is 0.951. The maximum absolute atomic E-state index is 5.35. The zero-order chi connectivity index (χ0) is 11.7. The van der Waals surface area contributed by atoms with Gasteiger partial charge >= 0.3 is 0 Å². The summed E-state index contributed by atoms with van der Waals surface area (Å²) in [5.41, 5.74) is 3.70. The highest BCUT2D eigenvalue weighted by Gasteiger charge is 2.10. The molecule has 0 atom stereocenters. The SMILES string of the molecule is COc1ccc2[nH]cc(CN(C)C)c2c1C. The van der Waals surface area contributed by atoms with Crippen LogP contribution in [0.5, 0.6) is 5.75 Å². The van der Waals surface area contributed by atoms with E-state index in [1.807, 2.05) is 6.07 Å². The van der Waals surface area contributed by atoms with E-state index >= 15 is 0 Å². The third-order valence-corrected chi connectivity index (χ3v) is 2.84. The van der Waals surface area contributed by atoms with Crippen molar-refractivity contribution in [3.8, 4) is 5.75 Å². The fourth-order valence-electron chi connectivity index (χ4n) is 2.15. The number of methoxy groups -OCH3 is 1. The van der Waals surface area contributed by atoms with Gasteiger partial charge in [0.05, 0.1) is 7.11 Å². The van der Waals surface area contributed by atoms with E-state index < -0.39 is 0 Å². The quantitative estimate of drug-likeness (QED) is 0.857. The molecule has 86 valence electrons. The van der Waals surface area contributed by atoms with E-state index in [0.29, 0.717) is 0 Å². The summed E-state index contributed by atoms with van der Waals surface area (Å²) in [6.45, 7) is 3.04. The van der Waals surface area contributed by atoms with E-state index in [1.54, 1.807) is 7.11 Å². The summed E-state index contributed by atoms with van der Waals surface area (Å²) in [6, 6.07) is 4.08. The minimum Gasteiger partial charge on any atom is -0.496 e. The summed E-state index contributed by atoms with van der Waals surface area (Å²) >= 11 is 0. The Labute approximate surface area is 96.0 Å². The van der Waals surface area contributed by atoms with Gasteiger partial charge in [0.2, 0.25) is 0 Å². The molecule has 16 heavy (non-hydrogen) atoms. The van der Waals surface area contributed by atoms with Gasteiger partial charge in [0.25, 0.3) is 0 Å². The van der Waals surface area contributed by atoms with Crippen molar-refractivity contribution in [3.05, 3.63) is 29.5 Å². The molecule has 1 heterocycles. The lowest BCUT2D eigenvalue weighted by atomic mass is 10.1. The molecule has 0 radical (unpaired) electrons. The number of benzene rings is 1. The van der Waals surface area contributed by atoms with Gasteiger partial charge in [-0.15, -0.1) is 0 Å². The standard InChI is InChI=1S/C13H18N2O/c1-9-12(16-4)6-5-11-13(9)10(7-14-11)8-15(2)3/h5-7,14H,8H2,1-4H3. The molecule has 1 N–H and O–H groups in total. The minimum atomic E-state index is 0.938. The van der Waals surface area contributed by atoms with Crippen LogP contribution in [0.1, 0.15) is 11.1 Å². The molecule has 0 bridgehead atoms. The van der Waals surface area contributed by atoms with Crippen molar-refractivity contribution < 1.29 is 4.74 Å². The monoisotopic (exact) mass is 218 g/mol. The average molecular weight is 218 g/mol. The number of H-pyrrole nitrogens is 1. The molecule has 0 unspecified atom stereocenters. The first-order valence-electron chi connectivity index (χ1n) is 5.41. The van der Waals surface area contributed by atoms with Crippen LogP contribution in [0.2, 0.25) is 0 Å². The molecule has 0 spiro atoms. The zero-order valence-corrected chi connectivity index (χ0v) is 10.3. The molecule has 3 nitrogen and oxygen atoms in total. The molecule has 3 heteroatoms. The summed E-state index contributed by atoms with van der Waals surface area (Å²) < 4.78 is 5.35. The Morgan fingerprint density at radius 3 is 2.69 bits per heavy atom. The van der Waals surface area contributed by atoms with E-state index in [1.165, 1.54) is 22.0 Å². The fourth-order valence-corrected chi connectivity index (χ4v) is 2.15. The Balaban J connectivity index is 2.59. The van der Waals surface area contributed by atoms with Crippen LogP contribution in [0.25, 0.3) is 10.9 Å². The number of rotatable bonds is 3. The highest BCUT2D eigenvalue weighted by atomic mass is 16.5. The van der Waals surface area contributed by atoms with E-state index in [2.05, 4.69) is 43.2 Å². The van der Waals surface area contributed by atoms with E-state index in [4.69, 9.17) is 4.74 Å². The van der Waals surface area contributed by atoms with Gasteiger partial charge in [-0.2, -0.15) is 0 Å². The van der Waals surface area contributed by atoms with E-state index in [0.717, 1.165) is 12.3 Å². The van der Waals surface area contributed by atoms with Crippen LogP contribution in [0.4, 0.5) is 0 Å². The van der Waals surface area contributed by atoms with Crippen LogP contribution >= 0.6 is 0 Å². The average Bonchev–Trinajstić information content (AvgIpc) is 2.62. The fraction of sp³-hybridized carbons (Fsp3) is 0.385. The van der Waals surface area contributed by atoms with Crippen molar-refractivity contribution in [2.24, 2.45) is 0 Å². The number of nitrogens with zero attached hydrogens (tertiary/aromatic N) is 1. The molecule has 1 aromatic heterocycles. The van der Waals surface area contributed by atoms with Gasteiger partial charge in [0, 0.05) is 29.2 Å². The van der Waals surface area contributed by atoms with Crippen LogP contribution in [-0.2, 0) is 6.54 Å². The first-order valence-corrected chi connectivity index (χ1v) is 5.41. The van der Waals surface area contributed by atoms with Crippen molar-refractivity contribution in [1.82, 2.24) is 9.88 Å². The maximum Gasteiger partial charge on any atom is 0.122 e. The van der Waals surface area contributed by atoms with Crippen LogP contribution in [0, 0.1) is 6.92 Å². The van der Waals surface area contributed by atoms with Crippen molar-refractivity contribution in [1.29, 1.82) is 0 Å². The van der Waals surface area contributed by atoms with Gasteiger partial charge in [0.1, 0.15) is 5.75 Å². The molecule has 0 fully saturated rings. The summed E-state index contributed by atoms with van der Waals surface area (Å²) in [6.07, 6.45) is 2.08. The van der Waals surface area contributed by atoms with Crippen molar-refractivity contribution in [2.75, 3.05) is 21.2 Å². The molecule has 0 saturated carbocycles. The molecular formula is C13H18N2O. The highest BCUT2D eigenvalue weighted by molar-refractivity contribution is 5.88. The Morgan fingerprint density at radius 2 is 2.06 bits per heavy atom. The van der Waals surface area contributed by atoms with Crippen molar-refractivity contribution >= 4 is 10.9 Å². The third kappa shape index (κ3) is 1.78. The van der Waals surface area contributed by atoms with Gasteiger partial charge in [-0.05, 0) is 38.7 Å². The molecule has 0 aliphatic carbocycles. The topological polar surface area (TPSA) is 28.3 Å². The minimum absolute atomic E-state index is 0.938. The van der Waals surface area contributed by atoms with Gasteiger partial charge in [-0.1, -0.05) is 0 Å². The first kappa shape index (κ1) is 11.0. The molecule has 1 aromatic carbocycles. The second kappa shape index (κ2) is 4.18. The van der Waals surface area contributed by atoms with Gasteiger partial charge in [-0.3, -0.25) is 0 Å².